The van der Waals surface area contributed by atoms with Crippen LogP contribution in [0.2, 0.25) is 0 Å². The fourth-order valence-corrected chi connectivity index (χ4v) is 3.36. The van der Waals surface area contributed by atoms with E-state index in [2.05, 4.69) is 23.6 Å². The molecule has 0 aromatic carbocycles. The summed E-state index contributed by atoms with van der Waals surface area (Å²) >= 11 is 0. The van der Waals surface area contributed by atoms with Gasteiger partial charge in [-0.05, 0) is 40.2 Å². The number of hydrogen-bond donors (Lipinski definition) is 0. The smallest absolute Gasteiger partial charge is 0.131 e. The fraction of sp³-hybridized carbons (Fsp3) is 0.923. The number of piperazine rings is 1. The number of rotatable bonds is 3. The van der Waals surface area contributed by atoms with E-state index in [1.807, 2.05) is 0 Å². The summed E-state index contributed by atoms with van der Waals surface area (Å²) in [5.74, 6) is 0.313. The van der Waals surface area contributed by atoms with Gasteiger partial charge in [0.2, 0.25) is 0 Å². The molecule has 2 saturated heterocycles. The van der Waals surface area contributed by atoms with Crippen LogP contribution in [0.3, 0.4) is 0 Å². The van der Waals surface area contributed by atoms with Crippen LogP contribution < -0.4 is 0 Å². The van der Waals surface area contributed by atoms with Crippen LogP contribution in [0.25, 0.3) is 0 Å². The van der Waals surface area contributed by atoms with Gasteiger partial charge in [-0.1, -0.05) is 0 Å². The highest BCUT2D eigenvalue weighted by atomic mass is 16.1. The van der Waals surface area contributed by atoms with Crippen LogP contribution in [-0.2, 0) is 4.79 Å². The number of hydrogen-bond acceptors (Lipinski definition) is 3. The third-order valence-corrected chi connectivity index (χ3v) is 4.13. The van der Waals surface area contributed by atoms with E-state index < -0.39 is 0 Å². The highest BCUT2D eigenvalue weighted by molar-refractivity contribution is 5.76. The normalized spacial score (nSPS) is 33.7. The van der Waals surface area contributed by atoms with E-state index in [4.69, 9.17) is 0 Å². The first-order valence-corrected chi connectivity index (χ1v) is 6.57. The Labute approximate surface area is 98.8 Å². The number of fused-ring (bicyclic) bond motifs is 1. The van der Waals surface area contributed by atoms with Crippen LogP contribution in [0.1, 0.15) is 40.0 Å². The highest BCUT2D eigenvalue weighted by Gasteiger charge is 2.36. The van der Waals surface area contributed by atoms with Crippen molar-refractivity contribution in [1.82, 2.24) is 9.80 Å². The van der Waals surface area contributed by atoms with Gasteiger partial charge in [0, 0.05) is 37.6 Å². The van der Waals surface area contributed by atoms with Crippen molar-refractivity contribution < 1.29 is 4.79 Å². The predicted molar refractivity (Wildman–Crippen MR) is 65.5 cm³/mol. The fourth-order valence-electron chi connectivity index (χ4n) is 3.36. The molecule has 0 aliphatic carbocycles. The second-order valence-corrected chi connectivity index (χ2v) is 5.59. The Bertz CT molecular complexity index is 267. The van der Waals surface area contributed by atoms with Crippen molar-refractivity contribution in [1.29, 1.82) is 0 Å². The molecule has 3 atom stereocenters. The number of carbonyl (C=O) groups is 1. The van der Waals surface area contributed by atoms with Crippen molar-refractivity contribution in [2.45, 2.75) is 58.2 Å². The van der Waals surface area contributed by atoms with E-state index in [9.17, 15) is 4.79 Å². The maximum atomic E-state index is 11.2. The maximum Gasteiger partial charge on any atom is 0.131 e. The van der Waals surface area contributed by atoms with E-state index in [1.54, 1.807) is 6.92 Å². The van der Waals surface area contributed by atoms with Crippen LogP contribution in [0.5, 0.6) is 0 Å². The van der Waals surface area contributed by atoms with Gasteiger partial charge in [0.15, 0.2) is 0 Å². The summed E-state index contributed by atoms with van der Waals surface area (Å²) in [5.41, 5.74) is 0. The average molecular weight is 224 g/mol. The molecule has 2 rings (SSSR count). The molecular weight excluding hydrogens is 200 g/mol. The van der Waals surface area contributed by atoms with Crippen LogP contribution in [0.4, 0.5) is 0 Å². The van der Waals surface area contributed by atoms with Crippen molar-refractivity contribution >= 4 is 5.78 Å². The molecule has 0 aromatic rings. The van der Waals surface area contributed by atoms with Crippen LogP contribution in [-0.4, -0.2) is 53.3 Å². The minimum absolute atomic E-state index is 0.313. The Kier molecular flexibility index (Phi) is 3.65. The molecule has 0 aromatic heterocycles. The Hall–Kier alpha value is -0.410. The monoisotopic (exact) mass is 224 g/mol. The van der Waals surface area contributed by atoms with Crippen LogP contribution in [0.15, 0.2) is 0 Å². The van der Waals surface area contributed by atoms with Gasteiger partial charge in [0.25, 0.3) is 0 Å². The van der Waals surface area contributed by atoms with E-state index >= 15 is 0 Å². The topological polar surface area (TPSA) is 23.6 Å². The Balaban J connectivity index is 1.96. The van der Waals surface area contributed by atoms with Crippen molar-refractivity contribution in [2.75, 3.05) is 19.6 Å². The van der Waals surface area contributed by atoms with Gasteiger partial charge < -0.3 is 0 Å². The van der Waals surface area contributed by atoms with Crippen molar-refractivity contribution in [2.24, 2.45) is 0 Å². The third-order valence-electron chi connectivity index (χ3n) is 4.13. The lowest BCUT2D eigenvalue weighted by Gasteiger charge is -2.45. The van der Waals surface area contributed by atoms with Gasteiger partial charge in [-0.15, -0.1) is 0 Å². The van der Waals surface area contributed by atoms with Crippen LogP contribution >= 0.6 is 0 Å². The quantitative estimate of drug-likeness (QED) is 0.726. The predicted octanol–water partition coefficient (Wildman–Crippen LogP) is 1.52. The third kappa shape index (κ3) is 2.46. The summed E-state index contributed by atoms with van der Waals surface area (Å²) in [5, 5.41) is 0. The molecular formula is C13H24N2O. The summed E-state index contributed by atoms with van der Waals surface area (Å²) < 4.78 is 0. The molecule has 0 N–H and O–H groups in total. The van der Waals surface area contributed by atoms with Crippen molar-refractivity contribution in [3.8, 4) is 0 Å². The first kappa shape index (κ1) is 12.1. The molecule has 92 valence electrons. The molecule has 2 heterocycles. The molecule has 0 radical (unpaired) electrons. The molecule has 0 amide bonds. The lowest BCUT2D eigenvalue weighted by Crippen LogP contribution is -2.57. The summed E-state index contributed by atoms with van der Waals surface area (Å²) in [6.45, 7) is 9.83. The first-order valence-electron chi connectivity index (χ1n) is 6.57. The van der Waals surface area contributed by atoms with Gasteiger partial charge in [-0.3, -0.25) is 14.6 Å². The molecule has 2 fully saturated rings. The van der Waals surface area contributed by atoms with Gasteiger partial charge >= 0.3 is 0 Å². The zero-order valence-electron chi connectivity index (χ0n) is 10.8. The second kappa shape index (κ2) is 4.84. The summed E-state index contributed by atoms with van der Waals surface area (Å²) in [4.78, 5) is 16.4. The number of nitrogens with zero attached hydrogens (tertiary/aromatic N) is 2. The SMILES string of the molecule is CC(=O)CC(C)N1CC2CCCN2CC1C. The number of ketones is 1. The van der Waals surface area contributed by atoms with Crippen LogP contribution in [0, 0.1) is 0 Å². The zero-order valence-corrected chi connectivity index (χ0v) is 10.8. The lowest BCUT2D eigenvalue weighted by atomic mass is 10.0. The molecule has 0 spiro atoms. The second-order valence-electron chi connectivity index (χ2n) is 5.59. The Morgan fingerprint density at radius 3 is 2.88 bits per heavy atom. The largest absolute Gasteiger partial charge is 0.300 e. The number of Topliss-reactive ketones (excluding diaryl/α,β-unsaturated/α-hetero) is 1. The van der Waals surface area contributed by atoms with Gasteiger partial charge in [-0.2, -0.15) is 0 Å². The molecule has 2 aliphatic heterocycles. The van der Waals surface area contributed by atoms with E-state index in [-0.39, 0.29) is 0 Å². The highest BCUT2D eigenvalue weighted by Crippen LogP contribution is 2.26. The molecule has 3 heteroatoms. The van der Waals surface area contributed by atoms with E-state index in [1.165, 1.54) is 25.9 Å². The molecule has 0 saturated carbocycles. The molecule has 2 aliphatic rings. The average Bonchev–Trinajstić information content (AvgIpc) is 2.61. The minimum Gasteiger partial charge on any atom is -0.300 e. The van der Waals surface area contributed by atoms with Crippen molar-refractivity contribution in [3.63, 3.8) is 0 Å². The molecule has 16 heavy (non-hydrogen) atoms. The Morgan fingerprint density at radius 1 is 1.44 bits per heavy atom. The van der Waals surface area contributed by atoms with Gasteiger partial charge in [0.05, 0.1) is 0 Å². The summed E-state index contributed by atoms with van der Waals surface area (Å²) in [7, 11) is 0. The summed E-state index contributed by atoms with van der Waals surface area (Å²) in [6, 6.07) is 1.77. The van der Waals surface area contributed by atoms with Gasteiger partial charge in [0.1, 0.15) is 5.78 Å². The summed E-state index contributed by atoms with van der Waals surface area (Å²) in [6.07, 6.45) is 3.40. The zero-order chi connectivity index (χ0) is 11.7. The van der Waals surface area contributed by atoms with E-state index in [0.29, 0.717) is 24.3 Å². The Morgan fingerprint density at radius 2 is 2.19 bits per heavy atom. The van der Waals surface area contributed by atoms with Gasteiger partial charge in [-0.25, -0.2) is 0 Å². The lowest BCUT2D eigenvalue weighted by molar-refractivity contribution is -0.118. The first-order chi connectivity index (χ1) is 7.58. The van der Waals surface area contributed by atoms with Crippen molar-refractivity contribution in [3.05, 3.63) is 0 Å². The molecule has 3 nitrogen and oxygen atoms in total. The maximum absolute atomic E-state index is 11.2. The molecule has 3 unspecified atom stereocenters. The van der Waals surface area contributed by atoms with E-state index in [0.717, 1.165) is 12.6 Å². The standard InChI is InChI=1S/C13H24N2O/c1-10(7-12(3)16)15-9-13-5-4-6-14(13)8-11(15)2/h10-11,13H,4-9H2,1-3H3. The number of carbonyl (C=O) groups excluding carboxylic acids is 1. The minimum atomic E-state index is 0.313. The molecule has 0 bridgehead atoms.